The van der Waals surface area contributed by atoms with Crippen molar-refractivity contribution in [1.82, 2.24) is 15.0 Å². The van der Waals surface area contributed by atoms with E-state index in [-0.39, 0.29) is 0 Å². The van der Waals surface area contributed by atoms with Gasteiger partial charge in [-0.1, -0.05) is 13.0 Å². The minimum Gasteiger partial charge on any atom is -0.325 e. The van der Waals surface area contributed by atoms with Crippen LogP contribution in [0.5, 0.6) is 0 Å². The van der Waals surface area contributed by atoms with Crippen LogP contribution in [0.2, 0.25) is 0 Å². The molecule has 0 aliphatic heterocycles. The van der Waals surface area contributed by atoms with Crippen LogP contribution < -0.4 is 5.32 Å². The van der Waals surface area contributed by atoms with Crippen molar-refractivity contribution >= 4 is 23.0 Å². The normalized spacial score (nSPS) is 10.4. The van der Waals surface area contributed by atoms with Gasteiger partial charge in [0.1, 0.15) is 11.6 Å². The summed E-state index contributed by atoms with van der Waals surface area (Å²) in [6.07, 6.45) is 4.63. The number of thiazole rings is 1. The summed E-state index contributed by atoms with van der Waals surface area (Å²) in [5.74, 6) is 1.61. The van der Waals surface area contributed by atoms with Crippen LogP contribution in [-0.2, 0) is 6.42 Å². The van der Waals surface area contributed by atoms with Gasteiger partial charge in [-0.25, -0.2) is 9.97 Å². The number of rotatable bonds is 4. The summed E-state index contributed by atoms with van der Waals surface area (Å²) in [6.45, 7) is 2.13. The van der Waals surface area contributed by atoms with Gasteiger partial charge in [0.25, 0.3) is 0 Å². The van der Waals surface area contributed by atoms with E-state index in [1.807, 2.05) is 48.2 Å². The molecule has 0 aliphatic rings. The number of anilines is 2. The molecule has 0 atom stereocenters. The van der Waals surface area contributed by atoms with Crippen molar-refractivity contribution in [1.29, 1.82) is 0 Å². The number of pyridine rings is 2. The van der Waals surface area contributed by atoms with Gasteiger partial charge >= 0.3 is 0 Å². The van der Waals surface area contributed by atoms with Gasteiger partial charge in [-0.3, -0.25) is 4.98 Å². The van der Waals surface area contributed by atoms with E-state index in [2.05, 4.69) is 27.2 Å². The van der Waals surface area contributed by atoms with E-state index < -0.39 is 0 Å². The fourth-order valence-corrected chi connectivity index (χ4v) is 2.47. The van der Waals surface area contributed by atoms with Crippen molar-refractivity contribution in [3.8, 4) is 10.6 Å². The maximum atomic E-state index is 4.59. The third-order valence-electron chi connectivity index (χ3n) is 2.92. The van der Waals surface area contributed by atoms with Gasteiger partial charge in [-0.15, -0.1) is 11.3 Å². The summed E-state index contributed by atoms with van der Waals surface area (Å²) >= 11 is 1.58. The summed E-state index contributed by atoms with van der Waals surface area (Å²) in [7, 11) is 0. The van der Waals surface area contributed by atoms with E-state index in [1.54, 1.807) is 11.3 Å². The lowest BCUT2D eigenvalue weighted by molar-refractivity contribution is 1.12. The molecule has 0 aliphatic carbocycles. The van der Waals surface area contributed by atoms with Gasteiger partial charge in [-0.05, 0) is 36.2 Å². The Morgan fingerprint density at radius 2 is 2.15 bits per heavy atom. The van der Waals surface area contributed by atoms with Crippen LogP contribution in [0.25, 0.3) is 10.6 Å². The Hall–Kier alpha value is -2.27. The molecule has 0 fully saturated rings. The predicted molar refractivity (Wildman–Crippen MR) is 82.2 cm³/mol. The number of aromatic nitrogens is 3. The molecule has 0 aromatic carbocycles. The van der Waals surface area contributed by atoms with Crippen LogP contribution in [0.1, 0.15) is 12.5 Å². The molecule has 0 spiro atoms. The first-order valence-corrected chi connectivity index (χ1v) is 7.31. The zero-order chi connectivity index (χ0) is 13.8. The molecular weight excluding hydrogens is 268 g/mol. The van der Waals surface area contributed by atoms with E-state index in [4.69, 9.17) is 0 Å². The fraction of sp³-hybridized carbons (Fsp3) is 0.133. The van der Waals surface area contributed by atoms with Gasteiger partial charge in [0, 0.05) is 12.4 Å². The minimum atomic E-state index is 0.789. The average Bonchev–Trinajstić information content (AvgIpc) is 3.02. The van der Waals surface area contributed by atoms with Crippen LogP contribution in [0.3, 0.4) is 0 Å². The second kappa shape index (κ2) is 5.79. The summed E-state index contributed by atoms with van der Waals surface area (Å²) in [6, 6.07) is 9.96. The number of hydrogen-bond acceptors (Lipinski definition) is 5. The first kappa shape index (κ1) is 12.7. The Morgan fingerprint density at radius 1 is 1.20 bits per heavy atom. The highest BCUT2D eigenvalue weighted by Crippen LogP contribution is 2.23. The number of nitrogens with one attached hydrogen (secondary N) is 1. The van der Waals surface area contributed by atoms with Crippen LogP contribution in [0.15, 0.2) is 48.2 Å². The first-order valence-electron chi connectivity index (χ1n) is 6.43. The summed E-state index contributed by atoms with van der Waals surface area (Å²) in [5.41, 5.74) is 3.98. The summed E-state index contributed by atoms with van der Waals surface area (Å²) < 4.78 is 0. The van der Waals surface area contributed by atoms with E-state index >= 15 is 0 Å². The van der Waals surface area contributed by atoms with E-state index in [1.165, 1.54) is 5.56 Å². The molecule has 0 saturated heterocycles. The smallest absolute Gasteiger partial charge is 0.132 e. The standard InChI is InChI=1S/C15H14N4S/c1-2-11-6-7-17-15(8-11)19-14-5-3-4-12(18-14)13-9-16-10-20-13/h3-10H,2H2,1H3,(H,17,18,19). The van der Waals surface area contributed by atoms with Crippen LogP contribution in [-0.4, -0.2) is 15.0 Å². The monoisotopic (exact) mass is 282 g/mol. The second-order valence-electron chi connectivity index (χ2n) is 4.30. The van der Waals surface area contributed by atoms with Gasteiger partial charge in [0.15, 0.2) is 0 Å². The molecule has 0 saturated carbocycles. The third kappa shape index (κ3) is 2.83. The highest BCUT2D eigenvalue weighted by Gasteiger charge is 2.03. The minimum absolute atomic E-state index is 0.789. The molecule has 0 amide bonds. The summed E-state index contributed by atoms with van der Waals surface area (Å²) in [4.78, 5) is 14.0. The van der Waals surface area contributed by atoms with Crippen molar-refractivity contribution < 1.29 is 0 Å². The molecule has 4 nitrogen and oxygen atoms in total. The van der Waals surface area contributed by atoms with Gasteiger partial charge < -0.3 is 5.32 Å². The summed E-state index contributed by atoms with van der Waals surface area (Å²) in [5, 5.41) is 3.24. The van der Waals surface area contributed by atoms with Crippen molar-refractivity contribution in [2.45, 2.75) is 13.3 Å². The number of nitrogens with zero attached hydrogens (tertiary/aromatic N) is 3. The topological polar surface area (TPSA) is 50.7 Å². The maximum Gasteiger partial charge on any atom is 0.132 e. The van der Waals surface area contributed by atoms with Crippen molar-refractivity contribution in [3.05, 3.63) is 53.8 Å². The Kier molecular flexibility index (Phi) is 3.69. The number of hydrogen-bond donors (Lipinski definition) is 1. The van der Waals surface area contributed by atoms with Gasteiger partial charge in [0.2, 0.25) is 0 Å². The molecule has 0 bridgehead atoms. The van der Waals surface area contributed by atoms with Crippen molar-refractivity contribution in [2.75, 3.05) is 5.32 Å². The van der Waals surface area contributed by atoms with Crippen molar-refractivity contribution in [3.63, 3.8) is 0 Å². The molecule has 20 heavy (non-hydrogen) atoms. The van der Waals surface area contributed by atoms with Crippen LogP contribution in [0, 0.1) is 0 Å². The predicted octanol–water partition coefficient (Wildman–Crippen LogP) is 3.91. The fourth-order valence-electron chi connectivity index (χ4n) is 1.88. The Balaban J connectivity index is 1.85. The molecule has 3 aromatic rings. The van der Waals surface area contributed by atoms with Crippen LogP contribution >= 0.6 is 11.3 Å². The molecule has 0 unspecified atom stereocenters. The molecule has 1 N–H and O–H groups in total. The van der Waals surface area contributed by atoms with Gasteiger partial charge in [0.05, 0.1) is 16.1 Å². The lowest BCUT2D eigenvalue weighted by atomic mass is 10.2. The zero-order valence-electron chi connectivity index (χ0n) is 11.1. The molecule has 3 rings (SSSR count). The molecule has 3 aromatic heterocycles. The third-order valence-corrected chi connectivity index (χ3v) is 3.72. The second-order valence-corrected chi connectivity index (χ2v) is 5.19. The molecular formula is C15H14N4S. The van der Waals surface area contributed by atoms with E-state index in [0.717, 1.165) is 28.6 Å². The largest absolute Gasteiger partial charge is 0.325 e. The van der Waals surface area contributed by atoms with Crippen molar-refractivity contribution in [2.24, 2.45) is 0 Å². The Labute approximate surface area is 121 Å². The van der Waals surface area contributed by atoms with E-state index in [0.29, 0.717) is 0 Å². The average molecular weight is 282 g/mol. The molecule has 5 heteroatoms. The lowest BCUT2D eigenvalue weighted by Crippen LogP contribution is -1.97. The zero-order valence-corrected chi connectivity index (χ0v) is 11.9. The molecule has 3 heterocycles. The van der Waals surface area contributed by atoms with Gasteiger partial charge in [-0.2, -0.15) is 0 Å². The van der Waals surface area contributed by atoms with E-state index in [9.17, 15) is 0 Å². The molecule has 0 radical (unpaired) electrons. The SMILES string of the molecule is CCc1ccnc(Nc2cccc(-c3cncs3)n2)c1. The Morgan fingerprint density at radius 3 is 2.95 bits per heavy atom. The maximum absolute atomic E-state index is 4.59. The quantitative estimate of drug-likeness (QED) is 0.788. The first-order chi connectivity index (χ1) is 9.85. The lowest BCUT2D eigenvalue weighted by Gasteiger charge is -2.07. The number of aryl methyl sites for hydroxylation is 1. The highest BCUT2D eigenvalue weighted by atomic mass is 32.1. The highest BCUT2D eigenvalue weighted by molar-refractivity contribution is 7.13. The van der Waals surface area contributed by atoms with Crippen LogP contribution in [0.4, 0.5) is 11.6 Å². The molecule has 100 valence electrons. The Bertz CT molecular complexity index is 695.